The molecule has 0 amide bonds. The fourth-order valence-electron chi connectivity index (χ4n) is 2.67. The predicted molar refractivity (Wildman–Crippen MR) is 71.8 cm³/mol. The summed E-state index contributed by atoms with van der Waals surface area (Å²) in [5.74, 6) is 0.507. The van der Waals surface area contributed by atoms with E-state index in [-0.39, 0.29) is 6.04 Å². The van der Waals surface area contributed by atoms with Crippen LogP contribution >= 0.6 is 0 Å². The number of nitrogen functional groups attached to an aromatic ring is 1. The van der Waals surface area contributed by atoms with Crippen molar-refractivity contribution in [3.8, 4) is 6.19 Å². The molecule has 1 aromatic heterocycles. The first-order valence-electron chi connectivity index (χ1n) is 6.17. The van der Waals surface area contributed by atoms with Crippen LogP contribution in [0.4, 0.5) is 5.82 Å². The Morgan fingerprint density at radius 3 is 3.05 bits per heavy atom. The fourth-order valence-corrected chi connectivity index (χ4v) is 2.67. The van der Waals surface area contributed by atoms with Gasteiger partial charge in [0, 0.05) is 18.0 Å². The Kier molecular flexibility index (Phi) is 2.73. The molecule has 0 saturated carbocycles. The molecule has 1 fully saturated rings. The summed E-state index contributed by atoms with van der Waals surface area (Å²) in [7, 11) is 0. The Bertz CT molecular complexity index is 664. The number of β-amino-alcohol motifs (C(OH)–C–C–N with tert-alkyl or cyclic N) is 1. The smallest absolute Gasteiger partial charge is 0.179 e. The molecule has 3 N–H and O–H groups in total. The first-order chi connectivity index (χ1) is 9.19. The second kappa shape index (κ2) is 4.41. The van der Waals surface area contributed by atoms with Crippen molar-refractivity contribution in [3.05, 3.63) is 36.0 Å². The number of aliphatic hydroxyl groups excluding tert-OH is 1. The number of likely N-dealkylation sites (tertiary alicyclic amines) is 1. The summed E-state index contributed by atoms with van der Waals surface area (Å²) in [6, 6.07) is 7.73. The van der Waals surface area contributed by atoms with E-state index in [0.717, 1.165) is 16.3 Å². The topological polar surface area (TPSA) is 86.2 Å². The first-order valence-corrected chi connectivity index (χ1v) is 6.17. The van der Waals surface area contributed by atoms with Gasteiger partial charge in [-0.1, -0.05) is 12.1 Å². The summed E-state index contributed by atoms with van der Waals surface area (Å²) in [4.78, 5) is 5.67. The van der Waals surface area contributed by atoms with Gasteiger partial charge in [-0.15, -0.1) is 0 Å². The van der Waals surface area contributed by atoms with Gasteiger partial charge in [-0.2, -0.15) is 5.26 Å². The van der Waals surface area contributed by atoms with Crippen LogP contribution in [0, 0.1) is 11.5 Å². The summed E-state index contributed by atoms with van der Waals surface area (Å²) in [5.41, 5.74) is 6.85. The predicted octanol–water partition coefficient (Wildman–Crippen LogP) is 1.41. The van der Waals surface area contributed by atoms with Crippen LogP contribution in [0.15, 0.2) is 30.5 Å². The fraction of sp³-hybridized carbons (Fsp3) is 0.286. The minimum absolute atomic E-state index is 0.0567. The maximum atomic E-state index is 9.70. The van der Waals surface area contributed by atoms with Crippen molar-refractivity contribution < 1.29 is 5.11 Å². The summed E-state index contributed by atoms with van der Waals surface area (Å²) < 4.78 is 0. The van der Waals surface area contributed by atoms with Gasteiger partial charge in [0.05, 0.1) is 18.7 Å². The molecule has 2 atom stereocenters. The van der Waals surface area contributed by atoms with E-state index in [9.17, 15) is 5.11 Å². The molecule has 0 bridgehead atoms. The van der Waals surface area contributed by atoms with E-state index < -0.39 is 6.10 Å². The summed E-state index contributed by atoms with van der Waals surface area (Å²) in [6.45, 7) is 0.400. The van der Waals surface area contributed by atoms with Crippen LogP contribution in [-0.2, 0) is 0 Å². The first kappa shape index (κ1) is 11.8. The lowest BCUT2D eigenvalue weighted by Gasteiger charge is -2.18. The third-order valence-electron chi connectivity index (χ3n) is 3.61. The molecule has 2 unspecified atom stereocenters. The van der Waals surface area contributed by atoms with Crippen molar-refractivity contribution in [1.29, 1.82) is 5.26 Å². The minimum Gasteiger partial charge on any atom is -0.391 e. The van der Waals surface area contributed by atoms with E-state index in [0.29, 0.717) is 18.8 Å². The molecule has 2 aromatic rings. The van der Waals surface area contributed by atoms with Gasteiger partial charge < -0.3 is 15.7 Å². The van der Waals surface area contributed by atoms with E-state index in [4.69, 9.17) is 11.0 Å². The zero-order valence-corrected chi connectivity index (χ0v) is 10.3. The Balaban J connectivity index is 2.04. The maximum absolute atomic E-state index is 9.70. The number of nitrogens with zero attached hydrogens (tertiary/aromatic N) is 3. The number of rotatable bonds is 1. The lowest BCUT2D eigenvalue weighted by Crippen LogP contribution is -2.18. The number of pyridine rings is 1. The zero-order valence-electron chi connectivity index (χ0n) is 10.3. The molecule has 0 radical (unpaired) electrons. The molecule has 5 nitrogen and oxygen atoms in total. The average molecular weight is 254 g/mol. The number of nitriles is 1. The van der Waals surface area contributed by atoms with Crippen molar-refractivity contribution in [3.63, 3.8) is 0 Å². The maximum Gasteiger partial charge on any atom is 0.179 e. The van der Waals surface area contributed by atoms with Gasteiger partial charge >= 0.3 is 0 Å². The number of fused-ring (bicyclic) bond motifs is 1. The Labute approximate surface area is 110 Å². The molecule has 1 aliphatic rings. The summed E-state index contributed by atoms with van der Waals surface area (Å²) in [5, 5.41) is 20.7. The molecule has 3 rings (SSSR count). The second-order valence-electron chi connectivity index (χ2n) is 4.83. The zero-order chi connectivity index (χ0) is 13.4. The Morgan fingerprint density at radius 1 is 1.42 bits per heavy atom. The number of anilines is 1. The van der Waals surface area contributed by atoms with Crippen molar-refractivity contribution in [2.24, 2.45) is 0 Å². The molecule has 19 heavy (non-hydrogen) atoms. The third kappa shape index (κ3) is 1.96. The highest BCUT2D eigenvalue weighted by Gasteiger charge is 2.31. The van der Waals surface area contributed by atoms with Gasteiger partial charge in [0.1, 0.15) is 5.82 Å². The van der Waals surface area contributed by atoms with E-state index in [1.54, 1.807) is 11.1 Å². The number of aliphatic hydroxyl groups is 1. The minimum atomic E-state index is -0.442. The van der Waals surface area contributed by atoms with E-state index >= 15 is 0 Å². The molecule has 5 heteroatoms. The van der Waals surface area contributed by atoms with Crippen LogP contribution in [-0.4, -0.2) is 27.6 Å². The van der Waals surface area contributed by atoms with Gasteiger partial charge in [0.2, 0.25) is 0 Å². The van der Waals surface area contributed by atoms with Gasteiger partial charge in [0.25, 0.3) is 0 Å². The number of benzene rings is 1. The molecular formula is C14H14N4O. The lowest BCUT2D eigenvalue weighted by atomic mass is 10.0. The highest BCUT2D eigenvalue weighted by Crippen LogP contribution is 2.33. The highest BCUT2D eigenvalue weighted by atomic mass is 16.3. The SMILES string of the molecule is N#CN1CC(O)CC1c1ccc2c(N)nccc2c1. The standard InChI is InChI=1S/C14H14N4O/c15-8-18-7-11(19)6-13(18)10-1-2-12-9(5-10)3-4-17-14(12)16/h1-5,11,13,19H,6-7H2,(H2,16,17). The quantitative estimate of drug-likeness (QED) is 0.751. The van der Waals surface area contributed by atoms with E-state index in [1.165, 1.54) is 0 Å². The summed E-state index contributed by atoms with van der Waals surface area (Å²) >= 11 is 0. The van der Waals surface area contributed by atoms with Gasteiger partial charge in [-0.25, -0.2) is 4.98 Å². The van der Waals surface area contributed by atoms with Crippen LogP contribution in [0.2, 0.25) is 0 Å². The van der Waals surface area contributed by atoms with Crippen molar-refractivity contribution in [1.82, 2.24) is 9.88 Å². The molecule has 96 valence electrons. The second-order valence-corrected chi connectivity index (χ2v) is 4.83. The molecule has 1 aliphatic heterocycles. The molecule has 2 heterocycles. The number of hydrogen-bond acceptors (Lipinski definition) is 5. The van der Waals surface area contributed by atoms with Gasteiger partial charge in [-0.05, 0) is 23.1 Å². The largest absolute Gasteiger partial charge is 0.391 e. The molecular weight excluding hydrogens is 240 g/mol. The van der Waals surface area contributed by atoms with Gasteiger partial charge in [0.15, 0.2) is 6.19 Å². The number of nitrogens with two attached hydrogens (primary N) is 1. The lowest BCUT2D eigenvalue weighted by molar-refractivity contribution is 0.186. The third-order valence-corrected chi connectivity index (χ3v) is 3.61. The Morgan fingerprint density at radius 2 is 2.26 bits per heavy atom. The monoisotopic (exact) mass is 254 g/mol. The molecule has 1 saturated heterocycles. The number of hydrogen-bond donors (Lipinski definition) is 2. The van der Waals surface area contributed by atoms with Crippen molar-refractivity contribution >= 4 is 16.6 Å². The normalized spacial score (nSPS) is 22.6. The van der Waals surface area contributed by atoms with Crippen LogP contribution in [0.25, 0.3) is 10.8 Å². The van der Waals surface area contributed by atoms with Crippen molar-refractivity contribution in [2.75, 3.05) is 12.3 Å². The number of aromatic nitrogens is 1. The summed E-state index contributed by atoms with van der Waals surface area (Å²) in [6.07, 6.45) is 3.95. The van der Waals surface area contributed by atoms with E-state index in [2.05, 4.69) is 11.2 Å². The van der Waals surface area contributed by atoms with Gasteiger partial charge in [-0.3, -0.25) is 0 Å². The van der Waals surface area contributed by atoms with E-state index in [1.807, 2.05) is 24.3 Å². The average Bonchev–Trinajstić information content (AvgIpc) is 2.80. The Hall–Kier alpha value is -2.32. The van der Waals surface area contributed by atoms with Crippen molar-refractivity contribution in [2.45, 2.75) is 18.6 Å². The molecule has 0 spiro atoms. The molecule has 1 aromatic carbocycles. The van der Waals surface area contributed by atoms with Crippen LogP contribution in [0.3, 0.4) is 0 Å². The highest BCUT2D eigenvalue weighted by molar-refractivity contribution is 5.91. The molecule has 0 aliphatic carbocycles. The van der Waals surface area contributed by atoms with Crippen LogP contribution in [0.1, 0.15) is 18.0 Å². The van der Waals surface area contributed by atoms with Crippen LogP contribution < -0.4 is 5.73 Å². The van der Waals surface area contributed by atoms with Crippen LogP contribution in [0.5, 0.6) is 0 Å².